The van der Waals surface area contributed by atoms with Gasteiger partial charge in [0.05, 0.1) is 0 Å². The van der Waals surface area contributed by atoms with E-state index in [1.807, 2.05) is 18.2 Å². The molecule has 1 aromatic heterocycles. The van der Waals surface area contributed by atoms with Crippen LogP contribution in [-0.4, -0.2) is 16.0 Å². The molecule has 0 spiro atoms. The number of carbonyl (C=O) groups excluding carboxylic acids is 1. The number of carbonyl (C=O) groups is 1. The minimum atomic E-state index is -0.359. The molecular weight excluding hydrogens is 206 g/mol. The van der Waals surface area contributed by atoms with Crippen molar-refractivity contribution in [3.63, 3.8) is 0 Å². The molecule has 0 atom stereocenters. The fourth-order valence-corrected chi connectivity index (χ4v) is 1.13. The van der Waals surface area contributed by atoms with Crippen LogP contribution in [0.2, 0.25) is 0 Å². The number of rotatable bonds is 3. The Morgan fingerprint density at radius 2 is 2.06 bits per heavy atom. The van der Waals surface area contributed by atoms with E-state index in [-0.39, 0.29) is 6.03 Å². The molecule has 6 nitrogen and oxygen atoms in total. The number of aromatic nitrogens is 2. The van der Waals surface area contributed by atoms with Gasteiger partial charge < -0.3 is 10.3 Å². The maximum absolute atomic E-state index is 11.4. The number of nitrogens with one attached hydrogen (secondary N) is 4. The van der Waals surface area contributed by atoms with E-state index in [1.165, 1.54) is 0 Å². The van der Waals surface area contributed by atoms with Crippen molar-refractivity contribution >= 4 is 17.7 Å². The first-order valence-electron chi connectivity index (χ1n) is 4.72. The Bertz CT molecular complexity index is 439. The van der Waals surface area contributed by atoms with Crippen LogP contribution in [0, 0.1) is 0 Å². The Balaban J connectivity index is 1.81. The molecule has 0 unspecified atom stereocenters. The van der Waals surface area contributed by atoms with E-state index in [9.17, 15) is 4.79 Å². The molecular formula is C10H11N5O. The summed E-state index contributed by atoms with van der Waals surface area (Å²) in [5.41, 5.74) is 5.78. The molecule has 0 aliphatic carbocycles. The lowest BCUT2D eigenvalue weighted by molar-refractivity contribution is 0.253. The zero-order valence-electron chi connectivity index (χ0n) is 8.40. The monoisotopic (exact) mass is 217 g/mol. The molecule has 16 heavy (non-hydrogen) atoms. The van der Waals surface area contributed by atoms with E-state index in [0.717, 1.165) is 5.69 Å². The normalized spacial score (nSPS) is 9.50. The van der Waals surface area contributed by atoms with Crippen molar-refractivity contribution in [1.29, 1.82) is 0 Å². The van der Waals surface area contributed by atoms with Crippen LogP contribution in [-0.2, 0) is 0 Å². The fraction of sp³-hybridized carbons (Fsp3) is 0. The van der Waals surface area contributed by atoms with E-state index >= 15 is 0 Å². The molecule has 4 N–H and O–H groups in total. The summed E-state index contributed by atoms with van der Waals surface area (Å²) in [6, 6.07) is 8.80. The van der Waals surface area contributed by atoms with Gasteiger partial charge in [0.15, 0.2) is 0 Å². The van der Waals surface area contributed by atoms with Gasteiger partial charge in [0, 0.05) is 18.1 Å². The molecule has 6 heteroatoms. The van der Waals surface area contributed by atoms with Gasteiger partial charge in [-0.05, 0) is 12.1 Å². The van der Waals surface area contributed by atoms with E-state index in [1.54, 1.807) is 24.5 Å². The van der Waals surface area contributed by atoms with Crippen LogP contribution >= 0.6 is 0 Å². The Hall–Kier alpha value is -2.50. The summed E-state index contributed by atoms with van der Waals surface area (Å²) in [6.45, 7) is 0. The molecule has 0 aliphatic heterocycles. The minimum absolute atomic E-state index is 0.359. The molecule has 2 aromatic rings. The molecule has 0 bridgehead atoms. The lowest BCUT2D eigenvalue weighted by Gasteiger charge is -2.07. The Morgan fingerprint density at radius 1 is 1.25 bits per heavy atom. The molecule has 2 rings (SSSR count). The Morgan fingerprint density at radius 3 is 2.75 bits per heavy atom. The van der Waals surface area contributed by atoms with Gasteiger partial charge in [-0.25, -0.2) is 15.2 Å². The largest absolute Gasteiger partial charge is 0.337 e. The van der Waals surface area contributed by atoms with Crippen molar-refractivity contribution in [2.75, 3.05) is 10.7 Å². The summed E-state index contributed by atoms with van der Waals surface area (Å²) in [7, 11) is 0. The van der Waals surface area contributed by atoms with Crippen LogP contribution in [0.15, 0.2) is 42.7 Å². The van der Waals surface area contributed by atoms with Crippen molar-refractivity contribution < 1.29 is 4.79 Å². The molecule has 1 heterocycles. The third kappa shape index (κ3) is 2.74. The van der Waals surface area contributed by atoms with E-state index < -0.39 is 0 Å². The number of H-pyrrole nitrogens is 1. The maximum Gasteiger partial charge on any atom is 0.337 e. The SMILES string of the molecule is O=C(NNc1ncc[nH]1)Nc1ccccc1. The molecule has 0 radical (unpaired) electrons. The molecule has 1 aromatic carbocycles. The lowest BCUT2D eigenvalue weighted by Crippen LogP contribution is -2.33. The summed E-state index contributed by atoms with van der Waals surface area (Å²) in [5.74, 6) is 0.475. The van der Waals surface area contributed by atoms with Crippen LogP contribution < -0.4 is 16.2 Å². The highest BCUT2D eigenvalue weighted by atomic mass is 16.2. The number of benzene rings is 1. The highest BCUT2D eigenvalue weighted by Crippen LogP contribution is 2.04. The summed E-state index contributed by atoms with van der Waals surface area (Å²) in [6.07, 6.45) is 3.23. The Labute approximate surface area is 92.1 Å². The van der Waals surface area contributed by atoms with Crippen molar-refractivity contribution in [3.8, 4) is 0 Å². The third-order valence-corrected chi connectivity index (χ3v) is 1.82. The van der Waals surface area contributed by atoms with Crippen LogP contribution in [0.3, 0.4) is 0 Å². The van der Waals surface area contributed by atoms with Crippen LogP contribution in [0.25, 0.3) is 0 Å². The molecule has 0 aliphatic rings. The van der Waals surface area contributed by atoms with E-state index in [4.69, 9.17) is 0 Å². The van der Waals surface area contributed by atoms with Crippen molar-refractivity contribution in [3.05, 3.63) is 42.7 Å². The second kappa shape index (κ2) is 4.83. The molecule has 0 saturated carbocycles. The summed E-state index contributed by atoms with van der Waals surface area (Å²) in [5, 5.41) is 2.65. The number of para-hydroxylation sites is 1. The zero-order valence-corrected chi connectivity index (χ0v) is 8.40. The Kier molecular flexibility index (Phi) is 3.03. The summed E-state index contributed by atoms with van der Waals surface area (Å²) >= 11 is 0. The fourth-order valence-electron chi connectivity index (χ4n) is 1.13. The number of hydrazine groups is 1. The highest BCUT2D eigenvalue weighted by Gasteiger charge is 2.00. The summed E-state index contributed by atoms with van der Waals surface area (Å²) < 4.78 is 0. The number of anilines is 2. The number of aromatic amines is 1. The first-order valence-corrected chi connectivity index (χ1v) is 4.72. The number of nitrogens with zero attached hydrogens (tertiary/aromatic N) is 1. The van der Waals surface area contributed by atoms with E-state index in [0.29, 0.717) is 5.95 Å². The third-order valence-electron chi connectivity index (χ3n) is 1.82. The van der Waals surface area contributed by atoms with Gasteiger partial charge in [-0.1, -0.05) is 18.2 Å². The summed E-state index contributed by atoms with van der Waals surface area (Å²) in [4.78, 5) is 18.1. The second-order valence-corrected chi connectivity index (χ2v) is 3.01. The van der Waals surface area contributed by atoms with Crippen LogP contribution in [0.5, 0.6) is 0 Å². The smallest absolute Gasteiger partial charge is 0.330 e. The second-order valence-electron chi connectivity index (χ2n) is 3.01. The van der Waals surface area contributed by atoms with Gasteiger partial charge in [0.25, 0.3) is 0 Å². The molecule has 2 amide bonds. The quantitative estimate of drug-likeness (QED) is 0.589. The van der Waals surface area contributed by atoms with Gasteiger partial charge in [-0.15, -0.1) is 0 Å². The average Bonchev–Trinajstić information content (AvgIpc) is 2.81. The van der Waals surface area contributed by atoms with E-state index in [2.05, 4.69) is 26.1 Å². The van der Waals surface area contributed by atoms with Crippen LogP contribution in [0.1, 0.15) is 0 Å². The maximum atomic E-state index is 11.4. The van der Waals surface area contributed by atoms with Crippen molar-refractivity contribution in [1.82, 2.24) is 15.4 Å². The topological polar surface area (TPSA) is 81.8 Å². The number of urea groups is 1. The van der Waals surface area contributed by atoms with Gasteiger partial charge in [0.1, 0.15) is 0 Å². The number of imidazole rings is 1. The minimum Gasteiger partial charge on any atom is -0.330 e. The van der Waals surface area contributed by atoms with Gasteiger partial charge in [-0.3, -0.25) is 5.43 Å². The van der Waals surface area contributed by atoms with Gasteiger partial charge in [0.2, 0.25) is 5.95 Å². The average molecular weight is 217 g/mol. The predicted molar refractivity (Wildman–Crippen MR) is 60.8 cm³/mol. The molecule has 0 fully saturated rings. The number of hydrogen-bond acceptors (Lipinski definition) is 3. The first-order chi connectivity index (χ1) is 7.84. The predicted octanol–water partition coefficient (Wildman–Crippen LogP) is 1.56. The molecule has 0 saturated heterocycles. The molecule has 82 valence electrons. The van der Waals surface area contributed by atoms with Crippen molar-refractivity contribution in [2.24, 2.45) is 0 Å². The highest BCUT2D eigenvalue weighted by molar-refractivity contribution is 5.89. The van der Waals surface area contributed by atoms with Crippen molar-refractivity contribution in [2.45, 2.75) is 0 Å². The van der Waals surface area contributed by atoms with Gasteiger partial charge >= 0.3 is 6.03 Å². The zero-order chi connectivity index (χ0) is 11.2. The first kappa shape index (κ1) is 10.0. The van der Waals surface area contributed by atoms with Gasteiger partial charge in [-0.2, -0.15) is 0 Å². The lowest BCUT2D eigenvalue weighted by atomic mass is 10.3. The standard InChI is InChI=1S/C10H11N5O/c16-10(13-8-4-2-1-3-5-8)15-14-9-11-6-7-12-9/h1-7H,(H2,11,12,14)(H2,13,15,16). The van der Waals surface area contributed by atoms with Crippen LogP contribution in [0.4, 0.5) is 16.4 Å². The number of hydrogen-bond donors (Lipinski definition) is 4. The number of amides is 2.